The lowest BCUT2D eigenvalue weighted by Gasteiger charge is -2.36. The minimum absolute atomic E-state index is 0.0799. The van der Waals surface area contributed by atoms with Crippen molar-refractivity contribution in [2.24, 2.45) is 4.99 Å². The first-order valence-electron chi connectivity index (χ1n) is 8.02. The van der Waals surface area contributed by atoms with Crippen LogP contribution in [0.4, 0.5) is 4.39 Å². The number of benzene rings is 1. The number of carbonyl (C=O) groups is 1. The number of hydrogen-bond donors (Lipinski definition) is 1. The highest BCUT2D eigenvalue weighted by Crippen LogP contribution is 2.12. The van der Waals surface area contributed by atoms with Crippen molar-refractivity contribution in [3.63, 3.8) is 0 Å². The third-order valence-corrected chi connectivity index (χ3v) is 3.94. The Morgan fingerprint density at radius 1 is 1.33 bits per heavy atom. The van der Waals surface area contributed by atoms with Crippen LogP contribution in [0.1, 0.15) is 25.0 Å². The van der Waals surface area contributed by atoms with E-state index in [1.54, 1.807) is 24.0 Å². The van der Waals surface area contributed by atoms with Gasteiger partial charge in [-0.3, -0.25) is 4.79 Å². The summed E-state index contributed by atoms with van der Waals surface area (Å²) >= 11 is 0. The van der Waals surface area contributed by atoms with E-state index in [-0.39, 0.29) is 12.5 Å². The zero-order chi connectivity index (χ0) is 17.5. The van der Waals surface area contributed by atoms with E-state index >= 15 is 0 Å². The number of nitrogens with zero attached hydrogens (tertiary/aromatic N) is 4. The largest absolute Gasteiger partial charge is 0.357 e. The van der Waals surface area contributed by atoms with Gasteiger partial charge in [-0.25, -0.2) is 9.38 Å². The predicted molar refractivity (Wildman–Crippen MR) is 89.8 cm³/mol. The monoisotopic (exact) mass is 331 g/mol. The lowest BCUT2D eigenvalue weighted by Crippen LogP contribution is -2.53. The van der Waals surface area contributed by atoms with E-state index in [1.165, 1.54) is 6.07 Å². The van der Waals surface area contributed by atoms with E-state index in [0.29, 0.717) is 49.8 Å². The molecule has 0 unspecified atom stereocenters. The van der Waals surface area contributed by atoms with Gasteiger partial charge < -0.3 is 15.1 Å². The van der Waals surface area contributed by atoms with Crippen molar-refractivity contribution in [1.82, 2.24) is 15.1 Å². The molecule has 0 aliphatic carbocycles. The summed E-state index contributed by atoms with van der Waals surface area (Å²) in [5, 5.41) is 12.0. The molecule has 1 fully saturated rings. The second-order valence-electron chi connectivity index (χ2n) is 5.58. The Morgan fingerprint density at radius 2 is 2.00 bits per heavy atom. The SMILES string of the molecule is CCNC(=NCc1ccc(C#N)cc1F)N1CCN(C(C)=O)CC1. The standard InChI is InChI=1S/C17H22FN5O/c1-3-20-17(23-8-6-22(7-9-23)13(2)24)21-12-15-5-4-14(11-19)10-16(15)18/h4-5,10H,3,6-9,12H2,1-2H3,(H,20,21). The van der Waals surface area contributed by atoms with Crippen LogP contribution in [0.25, 0.3) is 0 Å². The number of aliphatic imine (C=N–C) groups is 1. The fourth-order valence-corrected chi connectivity index (χ4v) is 2.56. The van der Waals surface area contributed by atoms with Gasteiger partial charge in [-0.05, 0) is 19.1 Å². The molecule has 1 aliphatic heterocycles. The molecule has 2 rings (SSSR count). The summed E-state index contributed by atoms with van der Waals surface area (Å²) in [5.41, 5.74) is 0.749. The Kier molecular flexibility index (Phi) is 6.13. The van der Waals surface area contributed by atoms with E-state index in [1.807, 2.05) is 13.0 Å². The second kappa shape index (κ2) is 8.29. The molecular formula is C17H22FN5O. The van der Waals surface area contributed by atoms with Gasteiger partial charge in [0.25, 0.3) is 0 Å². The van der Waals surface area contributed by atoms with Crippen LogP contribution in [0.15, 0.2) is 23.2 Å². The Morgan fingerprint density at radius 3 is 2.54 bits per heavy atom. The van der Waals surface area contributed by atoms with Crippen LogP contribution in [0.3, 0.4) is 0 Å². The summed E-state index contributed by atoms with van der Waals surface area (Å²) in [4.78, 5) is 19.8. The Labute approximate surface area is 141 Å². The highest BCUT2D eigenvalue weighted by atomic mass is 19.1. The van der Waals surface area contributed by atoms with Gasteiger partial charge in [-0.1, -0.05) is 6.07 Å². The molecule has 1 amide bonds. The molecule has 0 atom stereocenters. The minimum Gasteiger partial charge on any atom is -0.357 e. The van der Waals surface area contributed by atoms with Crippen molar-refractivity contribution < 1.29 is 9.18 Å². The fourth-order valence-electron chi connectivity index (χ4n) is 2.56. The fraction of sp³-hybridized carbons (Fsp3) is 0.471. The van der Waals surface area contributed by atoms with E-state index in [2.05, 4.69) is 15.2 Å². The smallest absolute Gasteiger partial charge is 0.219 e. The molecular weight excluding hydrogens is 309 g/mol. The van der Waals surface area contributed by atoms with Crippen molar-refractivity contribution in [2.75, 3.05) is 32.7 Å². The summed E-state index contributed by atoms with van der Waals surface area (Å²) in [6.07, 6.45) is 0. The number of carbonyl (C=O) groups excluding carboxylic acids is 1. The zero-order valence-electron chi connectivity index (χ0n) is 14.0. The third kappa shape index (κ3) is 4.44. The minimum atomic E-state index is -0.421. The maximum atomic E-state index is 14.0. The third-order valence-electron chi connectivity index (χ3n) is 3.94. The molecule has 1 heterocycles. The molecule has 0 radical (unpaired) electrons. The summed E-state index contributed by atoms with van der Waals surface area (Å²) in [7, 11) is 0. The average molecular weight is 331 g/mol. The molecule has 1 N–H and O–H groups in total. The van der Waals surface area contributed by atoms with Gasteiger partial charge in [0, 0.05) is 45.2 Å². The molecule has 7 heteroatoms. The van der Waals surface area contributed by atoms with Crippen molar-refractivity contribution in [2.45, 2.75) is 20.4 Å². The van der Waals surface area contributed by atoms with Crippen LogP contribution in [-0.2, 0) is 11.3 Å². The highest BCUT2D eigenvalue weighted by Gasteiger charge is 2.20. The van der Waals surface area contributed by atoms with E-state index < -0.39 is 5.82 Å². The van der Waals surface area contributed by atoms with Crippen molar-refractivity contribution in [3.05, 3.63) is 35.1 Å². The van der Waals surface area contributed by atoms with Gasteiger partial charge >= 0.3 is 0 Å². The van der Waals surface area contributed by atoms with Crippen molar-refractivity contribution in [1.29, 1.82) is 5.26 Å². The topological polar surface area (TPSA) is 71.7 Å². The Hall–Kier alpha value is -2.62. The van der Waals surface area contributed by atoms with Gasteiger partial charge in [0.2, 0.25) is 5.91 Å². The van der Waals surface area contributed by atoms with Crippen molar-refractivity contribution in [3.8, 4) is 6.07 Å². The quantitative estimate of drug-likeness (QED) is 0.670. The molecule has 1 saturated heterocycles. The van der Waals surface area contributed by atoms with Crippen LogP contribution in [0, 0.1) is 17.1 Å². The van der Waals surface area contributed by atoms with Gasteiger partial charge in [-0.15, -0.1) is 0 Å². The second-order valence-corrected chi connectivity index (χ2v) is 5.58. The number of guanidine groups is 1. The van der Waals surface area contributed by atoms with Gasteiger partial charge in [0.1, 0.15) is 5.82 Å². The average Bonchev–Trinajstić information content (AvgIpc) is 2.59. The molecule has 0 aromatic heterocycles. The number of piperazine rings is 1. The Balaban J connectivity index is 2.06. The lowest BCUT2D eigenvalue weighted by atomic mass is 10.1. The molecule has 1 aliphatic rings. The lowest BCUT2D eigenvalue weighted by molar-refractivity contribution is -0.130. The van der Waals surface area contributed by atoms with Crippen LogP contribution >= 0.6 is 0 Å². The van der Waals surface area contributed by atoms with Crippen LogP contribution in [0.2, 0.25) is 0 Å². The van der Waals surface area contributed by atoms with E-state index in [9.17, 15) is 9.18 Å². The number of nitrogens with one attached hydrogen (secondary N) is 1. The van der Waals surface area contributed by atoms with E-state index in [4.69, 9.17) is 5.26 Å². The number of amides is 1. The maximum Gasteiger partial charge on any atom is 0.219 e. The summed E-state index contributed by atoms with van der Waals surface area (Å²) in [5.74, 6) is 0.371. The van der Waals surface area contributed by atoms with E-state index in [0.717, 1.165) is 0 Å². The molecule has 0 saturated carbocycles. The molecule has 128 valence electrons. The first-order chi connectivity index (χ1) is 11.5. The van der Waals surface area contributed by atoms with Crippen molar-refractivity contribution >= 4 is 11.9 Å². The normalized spacial score (nSPS) is 15.2. The number of rotatable bonds is 3. The molecule has 1 aromatic rings. The predicted octanol–water partition coefficient (Wildman–Crippen LogP) is 1.33. The summed E-state index contributed by atoms with van der Waals surface area (Å²) in [6, 6.07) is 6.32. The maximum absolute atomic E-state index is 14.0. The van der Waals surface area contributed by atoms with Crippen LogP contribution in [0.5, 0.6) is 0 Å². The first-order valence-corrected chi connectivity index (χ1v) is 8.02. The summed E-state index contributed by atoms with van der Waals surface area (Å²) in [6.45, 7) is 7.17. The summed E-state index contributed by atoms with van der Waals surface area (Å²) < 4.78 is 14.0. The number of halogens is 1. The molecule has 0 bridgehead atoms. The van der Waals surface area contributed by atoms with Gasteiger partial charge in [0.15, 0.2) is 5.96 Å². The zero-order valence-corrected chi connectivity index (χ0v) is 14.0. The molecule has 6 nitrogen and oxygen atoms in total. The highest BCUT2D eigenvalue weighted by molar-refractivity contribution is 5.80. The van der Waals surface area contributed by atoms with Gasteiger partial charge in [-0.2, -0.15) is 5.26 Å². The van der Waals surface area contributed by atoms with Crippen LogP contribution < -0.4 is 5.32 Å². The Bertz CT molecular complexity index is 659. The van der Waals surface area contributed by atoms with Crippen LogP contribution in [-0.4, -0.2) is 54.4 Å². The molecule has 24 heavy (non-hydrogen) atoms. The molecule has 0 spiro atoms. The first kappa shape index (κ1) is 17.7. The number of hydrogen-bond acceptors (Lipinski definition) is 3. The number of nitriles is 1. The molecule has 1 aromatic carbocycles. The van der Waals surface area contributed by atoms with Gasteiger partial charge in [0.05, 0.1) is 18.2 Å².